The number of aryl methyl sites for hydroxylation is 1. The van der Waals surface area contributed by atoms with Crippen LogP contribution in [0.15, 0.2) is 40.9 Å². The van der Waals surface area contributed by atoms with E-state index in [2.05, 4.69) is 10.1 Å². The summed E-state index contributed by atoms with van der Waals surface area (Å²) in [6.45, 7) is 6.28. The van der Waals surface area contributed by atoms with Crippen molar-refractivity contribution >= 4 is 23.0 Å². The van der Waals surface area contributed by atoms with Gasteiger partial charge in [-0.3, -0.25) is 9.59 Å². The Morgan fingerprint density at radius 3 is 2.59 bits per heavy atom. The third-order valence-electron chi connectivity index (χ3n) is 5.61. The van der Waals surface area contributed by atoms with Gasteiger partial charge in [-0.1, -0.05) is 49.3 Å². The van der Waals surface area contributed by atoms with Gasteiger partial charge in [0.15, 0.2) is 0 Å². The van der Waals surface area contributed by atoms with Crippen LogP contribution < -0.4 is 0 Å². The molecular formula is C22H23N3O4. The molecule has 1 aliphatic heterocycles. The van der Waals surface area contributed by atoms with Gasteiger partial charge in [0.1, 0.15) is 0 Å². The molecular weight excluding hydrogens is 370 g/mol. The maximum absolute atomic E-state index is 13.5. The molecule has 0 bridgehead atoms. The molecule has 1 N–H and O–H groups in total. The maximum Gasteiger partial charge on any atom is 0.308 e. The Balaban J connectivity index is 1.73. The molecule has 0 saturated carbocycles. The van der Waals surface area contributed by atoms with Gasteiger partial charge in [-0.2, -0.15) is 0 Å². The van der Waals surface area contributed by atoms with Crippen molar-refractivity contribution in [2.75, 3.05) is 13.1 Å². The van der Waals surface area contributed by atoms with E-state index in [1.807, 2.05) is 44.2 Å². The number of carboxylic acids is 1. The number of aliphatic carboxylic acids is 1. The summed E-state index contributed by atoms with van der Waals surface area (Å²) < 4.78 is 5.32. The van der Waals surface area contributed by atoms with Crippen LogP contribution in [0.5, 0.6) is 0 Å². The minimum absolute atomic E-state index is 0.110. The molecule has 150 valence electrons. The van der Waals surface area contributed by atoms with Crippen LogP contribution in [0.25, 0.3) is 11.1 Å². The van der Waals surface area contributed by atoms with E-state index in [-0.39, 0.29) is 24.3 Å². The van der Waals surface area contributed by atoms with Crippen molar-refractivity contribution < 1.29 is 19.2 Å². The molecule has 0 aliphatic carbocycles. The van der Waals surface area contributed by atoms with Crippen LogP contribution >= 0.6 is 0 Å². The Morgan fingerprint density at radius 1 is 1.21 bits per heavy atom. The average Bonchev–Trinajstić information content (AvgIpc) is 3.32. The molecule has 2 atom stereocenters. The topological polar surface area (TPSA) is 96.5 Å². The van der Waals surface area contributed by atoms with Crippen LogP contribution in [0.4, 0.5) is 0 Å². The molecule has 0 radical (unpaired) electrons. The summed E-state index contributed by atoms with van der Waals surface area (Å²) in [4.78, 5) is 31.5. The molecule has 2 aromatic heterocycles. The molecule has 7 nitrogen and oxygen atoms in total. The number of carbonyl (C=O) groups is 2. The van der Waals surface area contributed by atoms with Gasteiger partial charge in [0.2, 0.25) is 0 Å². The van der Waals surface area contributed by atoms with E-state index in [0.717, 1.165) is 11.3 Å². The van der Waals surface area contributed by atoms with Gasteiger partial charge < -0.3 is 14.5 Å². The number of amides is 1. The highest BCUT2D eigenvalue weighted by Gasteiger charge is 2.41. The lowest BCUT2D eigenvalue weighted by atomic mass is 9.89. The number of hydrogen-bond acceptors (Lipinski definition) is 5. The number of benzene rings is 1. The highest BCUT2D eigenvalue weighted by atomic mass is 16.5. The Kier molecular flexibility index (Phi) is 4.82. The fourth-order valence-electron chi connectivity index (χ4n) is 4.01. The number of pyridine rings is 1. The normalized spacial score (nSPS) is 19.2. The Labute approximate surface area is 168 Å². The van der Waals surface area contributed by atoms with Crippen molar-refractivity contribution in [3.05, 3.63) is 58.9 Å². The molecule has 7 heteroatoms. The largest absolute Gasteiger partial charge is 0.481 e. The summed E-state index contributed by atoms with van der Waals surface area (Å²) in [7, 11) is 0. The molecule has 3 aromatic rings. The summed E-state index contributed by atoms with van der Waals surface area (Å²) >= 11 is 0. The Bertz CT molecular complexity index is 1070. The minimum Gasteiger partial charge on any atom is -0.481 e. The molecule has 1 amide bonds. The SMILES string of the molecule is Cc1noc2nc(C(C)C)cc(C(=O)N3C[C@H](C(=O)O)[C@H](c4ccccc4)C3)c12. The summed E-state index contributed by atoms with van der Waals surface area (Å²) in [6, 6.07) is 11.3. The fraction of sp³-hybridized carbons (Fsp3) is 0.364. The number of hydrogen-bond donors (Lipinski definition) is 1. The highest BCUT2D eigenvalue weighted by molar-refractivity contribution is 6.06. The Morgan fingerprint density at radius 2 is 1.93 bits per heavy atom. The lowest BCUT2D eigenvalue weighted by Gasteiger charge is -2.18. The zero-order valence-corrected chi connectivity index (χ0v) is 16.6. The zero-order chi connectivity index (χ0) is 20.7. The smallest absolute Gasteiger partial charge is 0.308 e. The van der Waals surface area contributed by atoms with Gasteiger partial charge in [-0.05, 0) is 24.5 Å². The van der Waals surface area contributed by atoms with Crippen LogP contribution in [0.2, 0.25) is 0 Å². The van der Waals surface area contributed by atoms with Crippen molar-refractivity contribution in [1.82, 2.24) is 15.0 Å². The van der Waals surface area contributed by atoms with E-state index in [1.165, 1.54) is 0 Å². The van der Waals surface area contributed by atoms with Crippen molar-refractivity contribution in [1.29, 1.82) is 0 Å². The molecule has 4 rings (SSSR count). The zero-order valence-electron chi connectivity index (χ0n) is 16.6. The van der Waals surface area contributed by atoms with Crippen molar-refractivity contribution in [2.45, 2.75) is 32.6 Å². The first-order chi connectivity index (χ1) is 13.9. The van der Waals surface area contributed by atoms with Crippen molar-refractivity contribution in [3.63, 3.8) is 0 Å². The number of fused-ring (bicyclic) bond motifs is 1. The standard InChI is InChI=1S/C22H23N3O4/c1-12(2)18-9-15(19-13(3)24-29-20(19)23-18)21(26)25-10-16(17(11-25)22(27)28)14-7-5-4-6-8-14/h4-9,12,16-17H,10-11H2,1-3H3,(H,27,28)/t16-,17-/m0/s1. The summed E-state index contributed by atoms with van der Waals surface area (Å²) in [6.07, 6.45) is 0. The summed E-state index contributed by atoms with van der Waals surface area (Å²) in [5.41, 5.74) is 3.07. The average molecular weight is 393 g/mol. The lowest BCUT2D eigenvalue weighted by molar-refractivity contribution is -0.141. The second-order valence-electron chi connectivity index (χ2n) is 7.87. The third kappa shape index (κ3) is 3.37. The van der Waals surface area contributed by atoms with E-state index in [1.54, 1.807) is 17.9 Å². The van der Waals surface area contributed by atoms with Gasteiger partial charge in [0.25, 0.3) is 11.6 Å². The highest BCUT2D eigenvalue weighted by Crippen LogP contribution is 2.35. The van der Waals surface area contributed by atoms with Crippen LogP contribution in [0, 0.1) is 12.8 Å². The molecule has 1 aliphatic rings. The third-order valence-corrected chi connectivity index (χ3v) is 5.61. The van der Waals surface area contributed by atoms with Crippen LogP contribution in [-0.2, 0) is 4.79 Å². The summed E-state index contributed by atoms with van der Waals surface area (Å²) in [5.74, 6) is -1.89. The van der Waals surface area contributed by atoms with Crippen LogP contribution in [0.3, 0.4) is 0 Å². The van der Waals surface area contributed by atoms with Crippen LogP contribution in [-0.4, -0.2) is 45.1 Å². The first-order valence-electron chi connectivity index (χ1n) is 9.70. The predicted molar refractivity (Wildman–Crippen MR) is 107 cm³/mol. The number of nitrogens with zero attached hydrogens (tertiary/aromatic N) is 3. The van der Waals surface area contributed by atoms with E-state index in [0.29, 0.717) is 28.9 Å². The number of carbonyl (C=O) groups excluding carboxylic acids is 1. The predicted octanol–water partition coefficient (Wildman–Crippen LogP) is 3.60. The first kappa shape index (κ1) is 19.1. The molecule has 3 heterocycles. The van der Waals surface area contributed by atoms with Gasteiger partial charge in [-0.25, -0.2) is 4.98 Å². The molecule has 1 aromatic carbocycles. The fourth-order valence-corrected chi connectivity index (χ4v) is 4.01. The van der Waals surface area contributed by atoms with Crippen molar-refractivity contribution in [3.8, 4) is 0 Å². The van der Waals surface area contributed by atoms with E-state index < -0.39 is 11.9 Å². The number of carboxylic acid groups (broad SMARTS) is 1. The molecule has 1 saturated heterocycles. The minimum atomic E-state index is -0.891. The molecule has 0 spiro atoms. The quantitative estimate of drug-likeness (QED) is 0.728. The van der Waals surface area contributed by atoms with Crippen molar-refractivity contribution in [2.24, 2.45) is 5.92 Å². The van der Waals surface area contributed by atoms with E-state index >= 15 is 0 Å². The lowest BCUT2D eigenvalue weighted by Crippen LogP contribution is -2.30. The van der Waals surface area contributed by atoms with Gasteiger partial charge in [0, 0.05) is 24.7 Å². The second kappa shape index (κ2) is 7.31. The molecule has 0 unspecified atom stereocenters. The van der Waals surface area contributed by atoms with E-state index in [9.17, 15) is 14.7 Å². The maximum atomic E-state index is 13.5. The second-order valence-corrected chi connectivity index (χ2v) is 7.87. The molecule has 29 heavy (non-hydrogen) atoms. The van der Waals surface area contributed by atoms with Gasteiger partial charge >= 0.3 is 5.97 Å². The van der Waals surface area contributed by atoms with Gasteiger partial charge in [-0.15, -0.1) is 0 Å². The molecule has 1 fully saturated rings. The number of rotatable bonds is 4. The number of aromatic nitrogens is 2. The monoisotopic (exact) mass is 393 g/mol. The number of likely N-dealkylation sites (tertiary alicyclic amines) is 1. The van der Waals surface area contributed by atoms with Crippen LogP contribution in [0.1, 0.15) is 53.0 Å². The Hall–Kier alpha value is -3.22. The van der Waals surface area contributed by atoms with E-state index in [4.69, 9.17) is 4.52 Å². The first-order valence-corrected chi connectivity index (χ1v) is 9.70. The summed E-state index contributed by atoms with van der Waals surface area (Å²) in [5, 5.41) is 14.3. The van der Waals surface area contributed by atoms with Gasteiger partial charge in [0.05, 0.1) is 22.6 Å².